The monoisotopic (exact) mass is 391 g/mol. The second-order valence-electron chi connectivity index (χ2n) is 6.85. The minimum absolute atomic E-state index is 0.112. The molecule has 1 amide bonds. The summed E-state index contributed by atoms with van der Waals surface area (Å²) in [6.07, 6.45) is 1.40. The van der Waals surface area contributed by atoms with E-state index in [4.69, 9.17) is 0 Å². The van der Waals surface area contributed by atoms with Crippen LogP contribution in [0.2, 0.25) is 0 Å². The molecule has 29 heavy (non-hydrogen) atoms. The third-order valence-corrected chi connectivity index (χ3v) is 5.01. The van der Waals surface area contributed by atoms with Gasteiger partial charge in [-0.05, 0) is 18.2 Å². The van der Waals surface area contributed by atoms with E-state index in [1.807, 2.05) is 18.2 Å². The molecule has 0 atom stereocenters. The number of carbonyl (C=O) groups excluding carboxylic acids is 1. The number of hydrogen-bond donors (Lipinski definition) is 1. The highest BCUT2D eigenvalue weighted by Crippen LogP contribution is 2.19. The average Bonchev–Trinajstić information content (AvgIpc) is 2.79. The zero-order chi connectivity index (χ0) is 20.1. The van der Waals surface area contributed by atoms with Gasteiger partial charge in [-0.15, -0.1) is 0 Å². The van der Waals surface area contributed by atoms with Crippen LogP contribution in [0.1, 0.15) is 16.1 Å². The normalized spacial score (nSPS) is 14.0. The largest absolute Gasteiger partial charge is 0.368 e. The summed E-state index contributed by atoms with van der Waals surface area (Å²) in [4.78, 5) is 25.3. The molecule has 7 heteroatoms. The number of anilines is 2. The van der Waals surface area contributed by atoms with Gasteiger partial charge >= 0.3 is 0 Å². The second-order valence-corrected chi connectivity index (χ2v) is 6.85. The van der Waals surface area contributed by atoms with Gasteiger partial charge in [-0.2, -0.15) is 0 Å². The first-order valence-electron chi connectivity index (χ1n) is 9.59. The van der Waals surface area contributed by atoms with Crippen molar-refractivity contribution >= 4 is 17.4 Å². The summed E-state index contributed by atoms with van der Waals surface area (Å²) in [5, 5.41) is 2.72. The molecule has 148 valence electrons. The van der Waals surface area contributed by atoms with Crippen LogP contribution in [0.25, 0.3) is 0 Å². The van der Waals surface area contributed by atoms with Crippen LogP contribution in [0.4, 0.5) is 15.9 Å². The number of halogens is 1. The first-order valence-corrected chi connectivity index (χ1v) is 9.59. The zero-order valence-electron chi connectivity index (χ0n) is 16.0. The Kier molecular flexibility index (Phi) is 5.65. The maximum atomic E-state index is 13.7. The molecule has 1 N–H and O–H groups in total. The van der Waals surface area contributed by atoms with Gasteiger partial charge in [-0.1, -0.05) is 36.4 Å². The number of nitrogens with one attached hydrogen (secondary N) is 1. The molecule has 4 rings (SSSR count). The van der Waals surface area contributed by atoms with Gasteiger partial charge in [0.2, 0.25) is 0 Å². The maximum Gasteiger partial charge on any atom is 0.270 e. The third kappa shape index (κ3) is 4.51. The van der Waals surface area contributed by atoms with Crippen LogP contribution >= 0.6 is 0 Å². The minimum Gasteiger partial charge on any atom is -0.368 e. The summed E-state index contributed by atoms with van der Waals surface area (Å²) in [7, 11) is 0. The number of carbonyl (C=O) groups is 1. The number of para-hydroxylation sites is 1. The van der Waals surface area contributed by atoms with Crippen LogP contribution < -0.4 is 15.1 Å². The van der Waals surface area contributed by atoms with Crippen LogP contribution in [-0.2, 0) is 6.54 Å². The fourth-order valence-electron chi connectivity index (χ4n) is 3.38. The smallest absolute Gasteiger partial charge is 0.270 e. The summed E-state index contributed by atoms with van der Waals surface area (Å²) in [5.74, 6) is 0.0380. The molecule has 6 nitrogen and oxygen atoms in total. The molecule has 2 heterocycles. The van der Waals surface area contributed by atoms with E-state index in [1.54, 1.807) is 24.3 Å². The quantitative estimate of drug-likeness (QED) is 0.725. The fourth-order valence-corrected chi connectivity index (χ4v) is 3.38. The SMILES string of the molecule is O=C(NCc1ccccc1F)c1cc(N2CCN(c3ccccc3)CC2)ncn1. The first kappa shape index (κ1) is 18.9. The summed E-state index contributed by atoms with van der Waals surface area (Å²) >= 11 is 0. The Bertz CT molecular complexity index is 974. The molecule has 0 radical (unpaired) electrons. The van der Waals surface area contributed by atoms with Gasteiger partial charge in [-0.25, -0.2) is 14.4 Å². The third-order valence-electron chi connectivity index (χ3n) is 5.01. The Labute approximate surface area is 169 Å². The molecule has 0 saturated carbocycles. The molecule has 2 aromatic carbocycles. The summed E-state index contributed by atoms with van der Waals surface area (Å²) in [6, 6.07) is 18.4. The van der Waals surface area contributed by atoms with Gasteiger partial charge in [-0.3, -0.25) is 4.79 Å². The van der Waals surface area contributed by atoms with Crippen molar-refractivity contribution in [2.24, 2.45) is 0 Å². The van der Waals surface area contributed by atoms with E-state index in [0.717, 1.165) is 32.0 Å². The van der Waals surface area contributed by atoms with Crippen molar-refractivity contribution in [2.45, 2.75) is 6.54 Å². The lowest BCUT2D eigenvalue weighted by Gasteiger charge is -2.36. The molecule has 3 aromatic rings. The van der Waals surface area contributed by atoms with Gasteiger partial charge in [0.25, 0.3) is 5.91 Å². The highest BCUT2D eigenvalue weighted by Gasteiger charge is 2.19. The van der Waals surface area contributed by atoms with Crippen molar-refractivity contribution in [3.63, 3.8) is 0 Å². The Balaban J connectivity index is 1.37. The molecular formula is C22H22FN5O. The molecule has 1 fully saturated rings. The number of nitrogens with zero attached hydrogens (tertiary/aromatic N) is 4. The maximum absolute atomic E-state index is 13.7. The van der Waals surface area contributed by atoms with E-state index in [2.05, 4.69) is 37.2 Å². The molecule has 0 spiro atoms. The van der Waals surface area contributed by atoms with Crippen molar-refractivity contribution in [3.05, 3.63) is 84.1 Å². The van der Waals surface area contributed by atoms with Crippen molar-refractivity contribution in [2.75, 3.05) is 36.0 Å². The van der Waals surface area contributed by atoms with Gasteiger partial charge in [0, 0.05) is 50.0 Å². The van der Waals surface area contributed by atoms with E-state index < -0.39 is 0 Å². The predicted molar refractivity (Wildman–Crippen MR) is 110 cm³/mol. The van der Waals surface area contributed by atoms with E-state index in [0.29, 0.717) is 5.56 Å². The Morgan fingerprint density at radius 1 is 0.931 bits per heavy atom. The molecule has 0 unspecified atom stereocenters. The number of amides is 1. The molecular weight excluding hydrogens is 369 g/mol. The van der Waals surface area contributed by atoms with Gasteiger partial charge in [0.15, 0.2) is 0 Å². The number of rotatable bonds is 5. The van der Waals surface area contributed by atoms with Crippen molar-refractivity contribution in [1.82, 2.24) is 15.3 Å². The second kappa shape index (κ2) is 8.68. The van der Waals surface area contributed by atoms with Crippen LogP contribution in [0.15, 0.2) is 67.0 Å². The van der Waals surface area contributed by atoms with Crippen LogP contribution in [0.3, 0.4) is 0 Å². The molecule has 1 aliphatic heterocycles. The zero-order valence-corrected chi connectivity index (χ0v) is 16.0. The predicted octanol–water partition coefficient (Wildman–Crippen LogP) is 2.87. The van der Waals surface area contributed by atoms with E-state index in [-0.39, 0.29) is 24.0 Å². The standard InChI is InChI=1S/C22H22FN5O/c23-19-9-5-4-6-17(19)15-24-22(29)20-14-21(26-16-25-20)28-12-10-27(11-13-28)18-7-2-1-3-8-18/h1-9,14,16H,10-13,15H2,(H,24,29). The lowest BCUT2D eigenvalue weighted by molar-refractivity contribution is 0.0945. The average molecular weight is 391 g/mol. The highest BCUT2D eigenvalue weighted by atomic mass is 19.1. The number of piperazine rings is 1. The lowest BCUT2D eigenvalue weighted by atomic mass is 10.2. The minimum atomic E-state index is -0.347. The van der Waals surface area contributed by atoms with Gasteiger partial charge in [0.05, 0.1) is 0 Å². The molecule has 1 aromatic heterocycles. The molecule has 1 aliphatic rings. The topological polar surface area (TPSA) is 61.4 Å². The fraction of sp³-hybridized carbons (Fsp3) is 0.227. The van der Waals surface area contributed by atoms with Crippen LogP contribution in [-0.4, -0.2) is 42.1 Å². The van der Waals surface area contributed by atoms with Gasteiger partial charge in [0.1, 0.15) is 23.7 Å². The van der Waals surface area contributed by atoms with Crippen LogP contribution in [0.5, 0.6) is 0 Å². The Morgan fingerprint density at radius 3 is 2.38 bits per heavy atom. The summed E-state index contributed by atoms with van der Waals surface area (Å²) < 4.78 is 13.7. The van der Waals surface area contributed by atoms with Gasteiger partial charge < -0.3 is 15.1 Å². The summed E-state index contributed by atoms with van der Waals surface area (Å²) in [5.41, 5.74) is 1.92. The summed E-state index contributed by atoms with van der Waals surface area (Å²) in [6.45, 7) is 3.48. The molecule has 1 saturated heterocycles. The van der Waals surface area contributed by atoms with E-state index >= 15 is 0 Å². The van der Waals surface area contributed by atoms with Crippen molar-refractivity contribution in [3.8, 4) is 0 Å². The highest BCUT2D eigenvalue weighted by molar-refractivity contribution is 5.92. The Hall–Kier alpha value is -3.48. The van der Waals surface area contributed by atoms with Crippen LogP contribution in [0, 0.1) is 5.82 Å². The van der Waals surface area contributed by atoms with E-state index in [1.165, 1.54) is 18.1 Å². The number of hydrogen-bond acceptors (Lipinski definition) is 5. The Morgan fingerprint density at radius 2 is 1.62 bits per heavy atom. The van der Waals surface area contributed by atoms with Crippen molar-refractivity contribution in [1.29, 1.82) is 0 Å². The lowest BCUT2D eigenvalue weighted by Crippen LogP contribution is -2.46. The first-order chi connectivity index (χ1) is 14.2. The van der Waals surface area contributed by atoms with E-state index in [9.17, 15) is 9.18 Å². The molecule has 0 bridgehead atoms. The number of benzene rings is 2. The molecule has 0 aliphatic carbocycles. The number of aromatic nitrogens is 2. The van der Waals surface area contributed by atoms with Crippen molar-refractivity contribution < 1.29 is 9.18 Å².